The van der Waals surface area contributed by atoms with Crippen LogP contribution >= 0.6 is 0 Å². The van der Waals surface area contributed by atoms with Crippen LogP contribution in [0, 0.1) is 6.92 Å². The summed E-state index contributed by atoms with van der Waals surface area (Å²) in [5.74, 6) is 1.49. The van der Waals surface area contributed by atoms with Crippen molar-refractivity contribution in [3.8, 4) is 5.88 Å². The van der Waals surface area contributed by atoms with Crippen LogP contribution in [-0.4, -0.2) is 60.4 Å². The third-order valence-corrected chi connectivity index (χ3v) is 5.26. The molecule has 0 aliphatic carbocycles. The minimum absolute atomic E-state index is 0.0594. The Bertz CT molecular complexity index is 1050. The summed E-state index contributed by atoms with van der Waals surface area (Å²) in [5, 5.41) is 0. The SMILES string of the molecule is C=C1N=C(N2CCN(c3ccc(C)c(OC)n3)CC2)N=CN1Cc1ccc(C(F)(F)F)o1. The maximum atomic E-state index is 12.7. The first-order chi connectivity index (χ1) is 15.2. The molecule has 2 aromatic heterocycles. The number of alkyl halides is 3. The lowest BCUT2D eigenvalue weighted by molar-refractivity contribution is -0.153. The van der Waals surface area contributed by atoms with Crippen molar-refractivity contribution in [2.45, 2.75) is 19.6 Å². The third-order valence-electron chi connectivity index (χ3n) is 5.26. The van der Waals surface area contributed by atoms with Crippen LogP contribution in [0.1, 0.15) is 17.1 Å². The van der Waals surface area contributed by atoms with Crippen molar-refractivity contribution >= 4 is 18.1 Å². The molecule has 0 bridgehead atoms. The number of pyridine rings is 1. The maximum Gasteiger partial charge on any atom is 0.449 e. The van der Waals surface area contributed by atoms with E-state index in [1.807, 2.05) is 24.0 Å². The maximum absolute atomic E-state index is 12.7. The molecule has 11 heteroatoms. The number of methoxy groups -OCH3 is 1. The van der Waals surface area contributed by atoms with Crippen molar-refractivity contribution in [2.24, 2.45) is 9.98 Å². The molecule has 32 heavy (non-hydrogen) atoms. The van der Waals surface area contributed by atoms with Gasteiger partial charge in [0.2, 0.25) is 17.6 Å². The average Bonchev–Trinajstić information content (AvgIpc) is 3.25. The number of nitrogens with zero attached hydrogens (tertiary/aromatic N) is 6. The van der Waals surface area contributed by atoms with Crippen molar-refractivity contribution < 1.29 is 22.3 Å². The highest BCUT2D eigenvalue weighted by atomic mass is 19.4. The first-order valence-corrected chi connectivity index (χ1v) is 10.0. The Morgan fingerprint density at radius 2 is 1.81 bits per heavy atom. The number of guanidine groups is 1. The van der Waals surface area contributed by atoms with Gasteiger partial charge < -0.3 is 23.9 Å². The van der Waals surface area contributed by atoms with Crippen molar-refractivity contribution in [3.63, 3.8) is 0 Å². The van der Waals surface area contributed by atoms with Crippen molar-refractivity contribution in [3.05, 3.63) is 53.7 Å². The molecular weight excluding hydrogens is 425 g/mol. The molecule has 0 spiro atoms. The number of hydrogen-bond acceptors (Lipinski definition) is 8. The number of piperazine rings is 1. The molecule has 4 rings (SSSR count). The van der Waals surface area contributed by atoms with Crippen molar-refractivity contribution in [1.82, 2.24) is 14.8 Å². The first-order valence-electron chi connectivity index (χ1n) is 10.0. The Kier molecular flexibility index (Phi) is 5.81. The number of halogens is 3. The number of aryl methyl sites for hydroxylation is 1. The quantitative estimate of drug-likeness (QED) is 0.713. The zero-order valence-electron chi connectivity index (χ0n) is 17.8. The van der Waals surface area contributed by atoms with Crippen LogP contribution < -0.4 is 9.64 Å². The Balaban J connectivity index is 1.35. The molecule has 2 aliphatic rings. The van der Waals surface area contributed by atoms with E-state index in [2.05, 4.69) is 26.4 Å². The van der Waals surface area contributed by atoms with Gasteiger partial charge in [-0.15, -0.1) is 0 Å². The largest absolute Gasteiger partial charge is 0.481 e. The normalized spacial score (nSPS) is 17.1. The molecule has 8 nitrogen and oxygen atoms in total. The summed E-state index contributed by atoms with van der Waals surface area (Å²) >= 11 is 0. The smallest absolute Gasteiger partial charge is 0.449 e. The molecule has 1 saturated heterocycles. The lowest BCUT2D eigenvalue weighted by Crippen LogP contribution is -2.49. The lowest BCUT2D eigenvalue weighted by Gasteiger charge is -2.37. The molecule has 170 valence electrons. The van der Waals surface area contributed by atoms with Crippen LogP contribution in [0.15, 0.2) is 51.1 Å². The number of anilines is 1. The predicted octanol–water partition coefficient (Wildman–Crippen LogP) is 3.50. The van der Waals surface area contributed by atoms with Gasteiger partial charge in [-0.2, -0.15) is 23.1 Å². The lowest BCUT2D eigenvalue weighted by atomic mass is 10.2. The van der Waals surface area contributed by atoms with E-state index >= 15 is 0 Å². The molecule has 4 heterocycles. The number of hydrogen-bond donors (Lipinski definition) is 0. The molecule has 2 aliphatic heterocycles. The van der Waals surface area contributed by atoms with Gasteiger partial charge in [0.1, 0.15) is 23.7 Å². The van der Waals surface area contributed by atoms with Gasteiger partial charge in [-0.05, 0) is 25.1 Å². The van der Waals surface area contributed by atoms with E-state index in [-0.39, 0.29) is 12.3 Å². The summed E-state index contributed by atoms with van der Waals surface area (Å²) in [5.41, 5.74) is 0.980. The molecule has 0 N–H and O–H groups in total. The Morgan fingerprint density at radius 3 is 2.44 bits per heavy atom. The fourth-order valence-electron chi connectivity index (χ4n) is 3.48. The minimum atomic E-state index is -4.52. The van der Waals surface area contributed by atoms with Crippen LogP contribution in [-0.2, 0) is 12.7 Å². The summed E-state index contributed by atoms with van der Waals surface area (Å²) < 4.78 is 48.3. The molecule has 0 unspecified atom stereocenters. The molecular formula is C21H23F3N6O2. The van der Waals surface area contributed by atoms with E-state index in [9.17, 15) is 13.2 Å². The molecule has 0 aromatic carbocycles. The molecule has 0 atom stereocenters. The van der Waals surface area contributed by atoms with Gasteiger partial charge in [0.15, 0.2) is 0 Å². The second kappa shape index (κ2) is 8.56. The second-order valence-corrected chi connectivity index (χ2v) is 7.43. The van der Waals surface area contributed by atoms with Gasteiger partial charge in [-0.1, -0.05) is 12.6 Å². The number of aliphatic imine (C=N–C) groups is 2. The van der Waals surface area contributed by atoms with Gasteiger partial charge >= 0.3 is 6.18 Å². The highest BCUT2D eigenvalue weighted by molar-refractivity contribution is 5.90. The summed E-state index contributed by atoms with van der Waals surface area (Å²) in [4.78, 5) is 19.1. The summed E-state index contributed by atoms with van der Waals surface area (Å²) in [6.07, 6.45) is -3.00. The van der Waals surface area contributed by atoms with Crippen LogP contribution in [0.4, 0.5) is 19.0 Å². The van der Waals surface area contributed by atoms with E-state index < -0.39 is 11.9 Å². The highest BCUT2D eigenvalue weighted by Gasteiger charge is 2.35. The van der Waals surface area contributed by atoms with E-state index in [1.54, 1.807) is 12.0 Å². The molecule has 1 fully saturated rings. The van der Waals surface area contributed by atoms with Crippen molar-refractivity contribution in [1.29, 1.82) is 0 Å². The molecule has 0 amide bonds. The van der Waals surface area contributed by atoms with Gasteiger partial charge in [0.25, 0.3) is 0 Å². The van der Waals surface area contributed by atoms with E-state index in [4.69, 9.17) is 9.15 Å². The minimum Gasteiger partial charge on any atom is -0.481 e. The zero-order chi connectivity index (χ0) is 22.9. The summed E-state index contributed by atoms with van der Waals surface area (Å²) in [6.45, 7) is 8.76. The molecule has 0 radical (unpaired) electrons. The van der Waals surface area contributed by atoms with Gasteiger partial charge in [-0.25, -0.2) is 4.99 Å². The van der Waals surface area contributed by atoms with E-state index in [1.165, 1.54) is 12.4 Å². The second-order valence-electron chi connectivity index (χ2n) is 7.43. The topological polar surface area (TPSA) is 69.7 Å². The van der Waals surface area contributed by atoms with Gasteiger partial charge in [-0.3, -0.25) is 0 Å². The van der Waals surface area contributed by atoms with Crippen LogP contribution in [0.25, 0.3) is 0 Å². The zero-order valence-corrected chi connectivity index (χ0v) is 17.8. The number of aromatic nitrogens is 1. The molecule has 0 saturated carbocycles. The Hall–Kier alpha value is -3.50. The number of rotatable bonds is 4. The van der Waals surface area contributed by atoms with Crippen molar-refractivity contribution in [2.75, 3.05) is 38.2 Å². The van der Waals surface area contributed by atoms with Crippen LogP contribution in [0.2, 0.25) is 0 Å². The van der Waals surface area contributed by atoms with Gasteiger partial charge in [0, 0.05) is 31.7 Å². The van der Waals surface area contributed by atoms with E-state index in [0.717, 1.165) is 30.5 Å². The number of ether oxygens (including phenoxy) is 1. The Labute approximate surface area is 183 Å². The third kappa shape index (κ3) is 4.56. The first kappa shape index (κ1) is 21.7. The molecule has 2 aromatic rings. The fraction of sp³-hybridized carbons (Fsp3) is 0.381. The fourth-order valence-corrected chi connectivity index (χ4v) is 3.48. The monoisotopic (exact) mass is 448 g/mol. The van der Waals surface area contributed by atoms with Crippen LogP contribution in [0.5, 0.6) is 5.88 Å². The highest BCUT2D eigenvalue weighted by Crippen LogP contribution is 2.31. The van der Waals surface area contributed by atoms with E-state index in [0.29, 0.717) is 30.8 Å². The van der Waals surface area contributed by atoms with Crippen LogP contribution in [0.3, 0.4) is 0 Å². The predicted molar refractivity (Wildman–Crippen MR) is 114 cm³/mol. The standard InChI is InChI=1S/C21H23F3N6O2/c1-14-4-7-18(27-19(14)31-3)28-8-10-29(11-9-28)20-25-13-30(15(2)26-20)12-16-5-6-17(32-16)21(22,23)24/h4-7,13H,2,8-12H2,1,3H3. The average molecular weight is 448 g/mol. The number of furan rings is 1. The Morgan fingerprint density at radius 1 is 1.09 bits per heavy atom. The summed E-state index contributed by atoms with van der Waals surface area (Å²) in [6, 6.07) is 6.16. The summed E-state index contributed by atoms with van der Waals surface area (Å²) in [7, 11) is 1.60. The van der Waals surface area contributed by atoms with Gasteiger partial charge in [0.05, 0.1) is 13.7 Å².